The van der Waals surface area contributed by atoms with E-state index in [-0.39, 0.29) is 58.6 Å². The number of nitrogens with one attached hydrogen (secondary N) is 1. The number of methoxy groups -OCH3 is 1. The van der Waals surface area contributed by atoms with E-state index in [4.69, 9.17) is 14.2 Å². The predicted molar refractivity (Wildman–Crippen MR) is 183 cm³/mol. The molecule has 1 aromatic rings. The quantitative estimate of drug-likeness (QED) is 0.360. The van der Waals surface area contributed by atoms with Crippen molar-refractivity contribution in [3.05, 3.63) is 11.1 Å². The lowest BCUT2D eigenvalue weighted by Crippen LogP contribution is -2.65. The number of likely N-dealkylation sites (tertiary alicyclic amines) is 2. The fourth-order valence-corrected chi connectivity index (χ4v) is 10.0. The maximum absolute atomic E-state index is 14.5. The van der Waals surface area contributed by atoms with Gasteiger partial charge in [-0.1, -0.05) is 13.8 Å². The van der Waals surface area contributed by atoms with Crippen molar-refractivity contribution in [3.63, 3.8) is 0 Å². The Kier molecular flexibility index (Phi) is 9.92. The van der Waals surface area contributed by atoms with Gasteiger partial charge < -0.3 is 34.2 Å². The fraction of sp³-hybridized carbons (Fsp3) is 0.833. The molecule has 0 radical (unpaired) electrons. The summed E-state index contributed by atoms with van der Waals surface area (Å²) in [6, 6.07) is -0.969. The van der Waals surface area contributed by atoms with Crippen LogP contribution in [-0.2, 0) is 34.8 Å². The third-order valence-corrected chi connectivity index (χ3v) is 13.6. The van der Waals surface area contributed by atoms with Gasteiger partial charge in [0.1, 0.15) is 6.04 Å². The number of fused-ring (bicyclic) bond motifs is 3. The number of alkyl halides is 3. The third kappa shape index (κ3) is 7.37. The van der Waals surface area contributed by atoms with Gasteiger partial charge >= 0.3 is 6.18 Å². The van der Waals surface area contributed by atoms with Gasteiger partial charge in [0.25, 0.3) is 0 Å². The number of halogens is 3. The fourth-order valence-electron chi connectivity index (χ4n) is 9.18. The number of nitrogens with zero attached hydrogens (tertiary/aromatic N) is 4. The van der Waals surface area contributed by atoms with E-state index in [1.807, 2.05) is 6.92 Å². The Balaban J connectivity index is 1.11. The molecule has 1 aromatic heterocycles. The molecule has 11 nitrogen and oxygen atoms in total. The van der Waals surface area contributed by atoms with E-state index >= 15 is 0 Å². The van der Waals surface area contributed by atoms with Crippen molar-refractivity contribution in [1.82, 2.24) is 20.1 Å². The molecular weight excluding hydrogens is 687 g/mol. The number of piperidine rings is 1. The van der Waals surface area contributed by atoms with Crippen LogP contribution in [0.1, 0.15) is 71.4 Å². The van der Waals surface area contributed by atoms with Gasteiger partial charge in [-0.2, -0.15) is 13.2 Å². The first-order valence-corrected chi connectivity index (χ1v) is 19.4. The van der Waals surface area contributed by atoms with Crippen molar-refractivity contribution >= 4 is 34.2 Å². The molecule has 1 unspecified atom stereocenters. The highest BCUT2D eigenvalue weighted by Crippen LogP contribution is 2.55. The average molecular weight is 740 g/mol. The number of hydrogen-bond donors (Lipinski definition) is 1. The molecule has 284 valence electrons. The van der Waals surface area contributed by atoms with Crippen molar-refractivity contribution in [3.8, 4) is 0 Å². The molecule has 2 aliphatic carbocycles. The van der Waals surface area contributed by atoms with E-state index < -0.39 is 35.3 Å². The van der Waals surface area contributed by atoms with Crippen LogP contribution in [0.3, 0.4) is 0 Å². The van der Waals surface area contributed by atoms with E-state index in [1.165, 1.54) is 0 Å². The minimum Gasteiger partial charge on any atom is -0.384 e. The highest BCUT2D eigenvalue weighted by Gasteiger charge is 2.62. The van der Waals surface area contributed by atoms with Crippen molar-refractivity contribution in [2.45, 2.75) is 90.1 Å². The summed E-state index contributed by atoms with van der Waals surface area (Å²) < 4.78 is 58.4. The van der Waals surface area contributed by atoms with Crippen LogP contribution in [0.5, 0.6) is 0 Å². The first kappa shape index (κ1) is 36.9. The number of aromatic nitrogens is 1. The van der Waals surface area contributed by atoms with Crippen molar-refractivity contribution in [2.24, 2.45) is 34.0 Å². The molecule has 2 saturated carbocycles. The molecule has 51 heavy (non-hydrogen) atoms. The van der Waals surface area contributed by atoms with Gasteiger partial charge in [0.2, 0.25) is 17.7 Å². The SMILES string of the molecule is COC[C@H]1CCCN(C(=O)[C@@H](NC(=O)C2CN(c3nc(C(F)(F)F)cs3)CC23CN(C(=O)[C@H]2CC2(C)C)C3)[C@@H](C)OCC23CCC(CC2)OC3)C1. The number of rotatable bonds is 11. The zero-order valence-corrected chi connectivity index (χ0v) is 31.0. The zero-order valence-electron chi connectivity index (χ0n) is 30.1. The minimum absolute atomic E-state index is 0.0581. The second kappa shape index (κ2) is 13.7. The highest BCUT2D eigenvalue weighted by atomic mass is 32.1. The molecule has 5 aliphatic heterocycles. The van der Waals surface area contributed by atoms with Gasteiger partial charge in [-0.05, 0) is 63.2 Å². The minimum atomic E-state index is -4.58. The number of carbonyl (C=O) groups excluding carboxylic acids is 3. The molecule has 15 heteroatoms. The largest absolute Gasteiger partial charge is 0.434 e. The van der Waals surface area contributed by atoms with Crippen LogP contribution in [0.2, 0.25) is 0 Å². The molecule has 0 aromatic carbocycles. The summed E-state index contributed by atoms with van der Waals surface area (Å²) in [6.45, 7) is 9.69. The lowest BCUT2D eigenvalue weighted by atomic mass is 9.70. The molecule has 7 fully saturated rings. The first-order valence-electron chi connectivity index (χ1n) is 18.5. The van der Waals surface area contributed by atoms with Crippen LogP contribution >= 0.6 is 11.3 Å². The molecule has 8 rings (SSSR count). The van der Waals surface area contributed by atoms with Crippen LogP contribution < -0.4 is 10.2 Å². The maximum atomic E-state index is 14.5. The maximum Gasteiger partial charge on any atom is 0.434 e. The Morgan fingerprint density at radius 1 is 1.10 bits per heavy atom. The number of hydrogen-bond acceptors (Lipinski definition) is 9. The molecule has 1 N–H and O–H groups in total. The van der Waals surface area contributed by atoms with Gasteiger partial charge in [-0.3, -0.25) is 14.4 Å². The number of carbonyl (C=O) groups is 3. The lowest BCUT2D eigenvalue weighted by Gasteiger charge is -2.51. The molecule has 6 heterocycles. The Hall–Kier alpha value is -2.49. The van der Waals surface area contributed by atoms with Gasteiger partial charge in [-0.15, -0.1) is 11.3 Å². The zero-order chi connectivity index (χ0) is 36.3. The summed E-state index contributed by atoms with van der Waals surface area (Å²) in [4.78, 5) is 51.4. The topological polar surface area (TPSA) is 114 Å². The van der Waals surface area contributed by atoms with Crippen molar-refractivity contribution in [2.75, 3.05) is 71.1 Å². The molecular formula is C36H52F3N5O6S. The van der Waals surface area contributed by atoms with Crippen LogP contribution in [0.25, 0.3) is 0 Å². The van der Waals surface area contributed by atoms with Gasteiger partial charge in [0, 0.05) is 68.5 Å². The number of thiazole rings is 1. The van der Waals surface area contributed by atoms with Crippen LogP contribution in [0.4, 0.5) is 18.3 Å². The Bertz CT molecular complexity index is 1460. The predicted octanol–water partition coefficient (Wildman–Crippen LogP) is 4.21. The Labute approximate surface area is 301 Å². The lowest BCUT2D eigenvalue weighted by molar-refractivity contribution is -0.160. The normalized spacial score (nSPS) is 32.1. The Morgan fingerprint density at radius 3 is 2.43 bits per heavy atom. The van der Waals surface area contributed by atoms with Gasteiger partial charge in [-0.25, -0.2) is 4.98 Å². The van der Waals surface area contributed by atoms with E-state index in [9.17, 15) is 27.6 Å². The molecule has 1 spiro atoms. The summed E-state index contributed by atoms with van der Waals surface area (Å²) in [6.07, 6.45) is 1.66. The standard InChI is InChI=1S/C36H52F3N5O6S/c1-22(49-20-34-9-7-24(8-10-34)50-21-34)28(31(47)42-11-5-6-23(13-42)15-48-4)41-29(45)26-14-43(32-40-27(16-51-32)36(37,38)39)17-35(26)18-44(19-35)30(46)25-12-33(25,2)3/h16,22-26,28H,5-15,17-21H2,1-4H3,(H,41,45)/t22-,23+,24?,25-,26?,28+,34?/m1/s1. The highest BCUT2D eigenvalue weighted by molar-refractivity contribution is 7.13. The van der Waals surface area contributed by atoms with E-state index in [2.05, 4.69) is 24.1 Å². The summed E-state index contributed by atoms with van der Waals surface area (Å²) >= 11 is 0.897. The second-order valence-electron chi connectivity index (χ2n) is 17.0. The van der Waals surface area contributed by atoms with Crippen molar-refractivity contribution < 1.29 is 41.8 Å². The van der Waals surface area contributed by atoms with E-state index in [0.717, 1.165) is 61.7 Å². The summed E-state index contributed by atoms with van der Waals surface area (Å²) in [5.74, 6) is -1.07. The number of anilines is 1. The van der Waals surface area contributed by atoms with Gasteiger partial charge in [0.05, 0.1) is 37.9 Å². The van der Waals surface area contributed by atoms with Crippen LogP contribution in [0, 0.1) is 34.0 Å². The molecule has 5 saturated heterocycles. The summed E-state index contributed by atoms with van der Waals surface area (Å²) in [7, 11) is 1.65. The molecule has 5 atom stereocenters. The van der Waals surface area contributed by atoms with Crippen LogP contribution in [0.15, 0.2) is 5.38 Å². The second-order valence-corrected chi connectivity index (χ2v) is 17.8. The summed E-state index contributed by atoms with van der Waals surface area (Å²) in [5, 5.41) is 4.29. The van der Waals surface area contributed by atoms with Crippen molar-refractivity contribution in [1.29, 1.82) is 0 Å². The van der Waals surface area contributed by atoms with E-state index in [0.29, 0.717) is 52.1 Å². The van der Waals surface area contributed by atoms with Crippen LogP contribution in [-0.4, -0.2) is 117 Å². The Morgan fingerprint density at radius 2 is 1.82 bits per heavy atom. The number of ether oxygens (including phenoxy) is 3. The third-order valence-electron chi connectivity index (χ3n) is 12.7. The molecule has 3 amide bonds. The molecule has 2 bridgehead atoms. The smallest absolute Gasteiger partial charge is 0.384 e. The number of amides is 3. The summed E-state index contributed by atoms with van der Waals surface area (Å²) in [5.41, 5.74) is -1.82. The van der Waals surface area contributed by atoms with E-state index in [1.54, 1.807) is 21.8 Å². The first-order chi connectivity index (χ1) is 24.1. The monoisotopic (exact) mass is 739 g/mol. The molecule has 7 aliphatic rings. The van der Waals surface area contributed by atoms with Gasteiger partial charge in [0.15, 0.2) is 10.8 Å². The average Bonchev–Trinajstić information content (AvgIpc) is 3.42.